The minimum Gasteiger partial charge on any atom is -0.497 e. The molecule has 0 spiro atoms. The summed E-state index contributed by atoms with van der Waals surface area (Å²) < 4.78 is 43.9. The number of ether oxygens (including phenoxy) is 3. The Morgan fingerprint density at radius 2 is 1.68 bits per heavy atom. The number of methoxy groups -OCH3 is 3. The van der Waals surface area contributed by atoms with Crippen LogP contribution in [0.5, 0.6) is 11.5 Å². The van der Waals surface area contributed by atoms with Crippen LogP contribution >= 0.6 is 0 Å². The Hall–Kier alpha value is -4.69. The fraction of sp³-hybridized carbons (Fsp3) is 0.231. The van der Waals surface area contributed by atoms with Gasteiger partial charge in [-0.15, -0.1) is 0 Å². The minimum atomic E-state index is -4.69. The Kier molecular flexibility index (Phi) is 10.00. The Bertz CT molecular complexity index is 1490. The van der Waals surface area contributed by atoms with Gasteiger partial charge in [0, 0.05) is 25.8 Å². The number of carbonyl (C=O) groups is 2. The van der Waals surface area contributed by atoms with Crippen molar-refractivity contribution in [3.05, 3.63) is 82.4 Å². The number of nitro benzene ring substituents is 1. The highest BCUT2D eigenvalue weighted by molar-refractivity contribution is 7.93. The van der Waals surface area contributed by atoms with Crippen LogP contribution in [0.15, 0.2) is 71.6 Å². The van der Waals surface area contributed by atoms with Crippen LogP contribution in [0.4, 0.5) is 17.1 Å². The van der Waals surface area contributed by atoms with Crippen molar-refractivity contribution in [2.45, 2.75) is 4.90 Å². The molecule has 0 radical (unpaired) electrons. The number of rotatable bonds is 13. The van der Waals surface area contributed by atoms with Crippen molar-refractivity contribution in [2.75, 3.05) is 50.6 Å². The van der Waals surface area contributed by atoms with Crippen LogP contribution in [-0.4, -0.2) is 66.2 Å². The largest absolute Gasteiger partial charge is 0.497 e. The van der Waals surface area contributed by atoms with Crippen molar-refractivity contribution in [1.29, 1.82) is 0 Å². The number of hydrogen-bond acceptors (Lipinski definition) is 9. The second-order valence-corrected chi connectivity index (χ2v) is 9.95. The molecule has 0 heterocycles. The Morgan fingerprint density at radius 3 is 2.35 bits per heavy atom. The average Bonchev–Trinajstić information content (AvgIpc) is 2.95. The van der Waals surface area contributed by atoms with Gasteiger partial charge in [-0.1, -0.05) is 24.3 Å². The second kappa shape index (κ2) is 13.4. The van der Waals surface area contributed by atoms with Gasteiger partial charge < -0.3 is 24.8 Å². The zero-order valence-electron chi connectivity index (χ0n) is 21.9. The number of nitro groups is 1. The number of nitrogens with zero attached hydrogens (tertiary/aromatic N) is 2. The molecule has 0 unspecified atom stereocenters. The van der Waals surface area contributed by atoms with Gasteiger partial charge in [0.05, 0.1) is 42.7 Å². The minimum absolute atomic E-state index is 0.0345. The molecule has 2 N–H and O–H groups in total. The van der Waals surface area contributed by atoms with Crippen LogP contribution in [0.2, 0.25) is 0 Å². The van der Waals surface area contributed by atoms with Crippen molar-refractivity contribution in [2.24, 2.45) is 0 Å². The fourth-order valence-corrected chi connectivity index (χ4v) is 5.30. The summed E-state index contributed by atoms with van der Waals surface area (Å²) in [6.07, 6.45) is 0. The van der Waals surface area contributed by atoms with E-state index < -0.39 is 43.9 Å². The monoisotopic (exact) mass is 572 g/mol. The molecule has 0 aliphatic rings. The van der Waals surface area contributed by atoms with Crippen LogP contribution in [0.1, 0.15) is 10.4 Å². The first kappa shape index (κ1) is 29.9. The molecule has 212 valence electrons. The molecule has 3 aromatic rings. The molecule has 13 nitrogen and oxygen atoms in total. The van der Waals surface area contributed by atoms with Crippen LogP contribution in [-0.2, 0) is 19.6 Å². The average molecular weight is 573 g/mol. The molecule has 0 atom stereocenters. The lowest BCUT2D eigenvalue weighted by Crippen LogP contribution is -2.39. The van der Waals surface area contributed by atoms with E-state index in [1.165, 1.54) is 63.8 Å². The number of anilines is 2. The zero-order chi connectivity index (χ0) is 29.3. The van der Waals surface area contributed by atoms with Gasteiger partial charge in [0.25, 0.3) is 21.6 Å². The van der Waals surface area contributed by atoms with Gasteiger partial charge in [0.1, 0.15) is 18.0 Å². The Morgan fingerprint density at radius 1 is 0.975 bits per heavy atom. The summed E-state index contributed by atoms with van der Waals surface area (Å²) in [6.45, 7) is -0.296. The number of amides is 2. The first-order valence-corrected chi connectivity index (χ1v) is 13.2. The van der Waals surface area contributed by atoms with Crippen molar-refractivity contribution >= 4 is 38.9 Å². The molecule has 14 heteroatoms. The smallest absolute Gasteiger partial charge is 0.289 e. The molecule has 2 amide bonds. The number of benzene rings is 3. The van der Waals surface area contributed by atoms with Crippen molar-refractivity contribution < 1.29 is 37.1 Å². The molecule has 0 fully saturated rings. The highest BCUT2D eigenvalue weighted by atomic mass is 32.2. The molecule has 0 aromatic heterocycles. The first-order chi connectivity index (χ1) is 19.1. The molecular formula is C26H28N4O9S. The summed E-state index contributed by atoms with van der Waals surface area (Å²) >= 11 is 0. The van der Waals surface area contributed by atoms with E-state index in [-0.39, 0.29) is 35.8 Å². The lowest BCUT2D eigenvalue weighted by molar-refractivity contribution is -0.387. The quantitative estimate of drug-likeness (QED) is 0.178. The maximum absolute atomic E-state index is 13.9. The van der Waals surface area contributed by atoms with Crippen LogP contribution in [0.25, 0.3) is 0 Å². The van der Waals surface area contributed by atoms with Crippen LogP contribution in [0, 0.1) is 10.1 Å². The highest BCUT2D eigenvalue weighted by Crippen LogP contribution is 2.37. The highest BCUT2D eigenvalue weighted by Gasteiger charge is 2.35. The van der Waals surface area contributed by atoms with E-state index in [2.05, 4.69) is 10.6 Å². The summed E-state index contributed by atoms with van der Waals surface area (Å²) in [5, 5.41) is 16.9. The number of carbonyl (C=O) groups excluding carboxylic acids is 2. The first-order valence-electron chi connectivity index (χ1n) is 11.8. The number of hydrogen-bond donors (Lipinski definition) is 2. The van der Waals surface area contributed by atoms with E-state index >= 15 is 0 Å². The van der Waals surface area contributed by atoms with E-state index in [4.69, 9.17) is 14.2 Å². The molecule has 3 aromatic carbocycles. The van der Waals surface area contributed by atoms with Crippen molar-refractivity contribution in [3.63, 3.8) is 0 Å². The lowest BCUT2D eigenvalue weighted by Gasteiger charge is -2.26. The third kappa shape index (κ3) is 6.84. The van der Waals surface area contributed by atoms with Gasteiger partial charge in [-0.3, -0.25) is 24.0 Å². The van der Waals surface area contributed by atoms with Gasteiger partial charge >= 0.3 is 0 Å². The predicted octanol–water partition coefficient (Wildman–Crippen LogP) is 2.82. The van der Waals surface area contributed by atoms with Crippen LogP contribution in [0.3, 0.4) is 0 Å². The molecule has 0 saturated heterocycles. The Balaban J connectivity index is 2.04. The predicted molar refractivity (Wildman–Crippen MR) is 146 cm³/mol. The molecule has 3 rings (SSSR count). The van der Waals surface area contributed by atoms with E-state index in [1.807, 2.05) is 0 Å². The third-order valence-corrected chi connectivity index (χ3v) is 7.42. The molecule has 0 bridgehead atoms. The fourth-order valence-electron chi connectivity index (χ4n) is 3.71. The summed E-state index contributed by atoms with van der Waals surface area (Å²) in [7, 11) is -0.498. The second-order valence-electron chi connectivity index (χ2n) is 8.12. The zero-order valence-corrected chi connectivity index (χ0v) is 22.8. The van der Waals surface area contributed by atoms with E-state index in [0.29, 0.717) is 10.1 Å². The molecule has 0 saturated carbocycles. The van der Waals surface area contributed by atoms with Gasteiger partial charge in [-0.2, -0.15) is 0 Å². The summed E-state index contributed by atoms with van der Waals surface area (Å²) in [5.74, 6) is -0.917. The summed E-state index contributed by atoms with van der Waals surface area (Å²) in [4.78, 5) is 36.1. The molecule has 0 aliphatic heterocycles. The maximum atomic E-state index is 13.9. The lowest BCUT2D eigenvalue weighted by atomic mass is 10.1. The molecule has 0 aliphatic carbocycles. The van der Waals surface area contributed by atoms with E-state index in [9.17, 15) is 28.1 Å². The van der Waals surface area contributed by atoms with Gasteiger partial charge in [-0.05, 0) is 30.3 Å². The number of nitrogens with one attached hydrogen (secondary N) is 2. The van der Waals surface area contributed by atoms with Crippen molar-refractivity contribution in [3.8, 4) is 11.5 Å². The summed E-state index contributed by atoms with van der Waals surface area (Å²) in [5.41, 5.74) is -0.463. The number of para-hydroxylation sites is 2. The Labute approximate surface area is 230 Å². The maximum Gasteiger partial charge on any atom is 0.289 e. The van der Waals surface area contributed by atoms with Gasteiger partial charge in [0.2, 0.25) is 5.91 Å². The molecular weight excluding hydrogens is 544 g/mol. The number of sulfonamides is 1. The normalized spacial score (nSPS) is 10.9. The summed E-state index contributed by atoms with van der Waals surface area (Å²) in [6, 6.07) is 15.2. The van der Waals surface area contributed by atoms with Gasteiger partial charge in [-0.25, -0.2) is 8.42 Å². The topological polar surface area (TPSA) is 166 Å². The van der Waals surface area contributed by atoms with Crippen molar-refractivity contribution in [1.82, 2.24) is 5.32 Å². The van der Waals surface area contributed by atoms with E-state index in [0.717, 1.165) is 12.1 Å². The standard InChI is InChI=1S/C26H28N4O9S/c1-37-15-14-27-26(32)19-8-4-5-9-20(19)28-25(31)17-29(21-13-12-18(38-2)16-23(21)39-3)40(35,36)24-11-7-6-10-22(24)30(33)34/h4-13,16H,14-15,17H2,1-3H3,(H,27,32)(H,28,31). The molecule has 40 heavy (non-hydrogen) atoms. The third-order valence-electron chi connectivity index (χ3n) is 5.61. The van der Waals surface area contributed by atoms with E-state index in [1.54, 1.807) is 12.1 Å². The SMILES string of the molecule is COCCNC(=O)c1ccccc1NC(=O)CN(c1ccc(OC)cc1OC)S(=O)(=O)c1ccccc1[N+](=O)[O-]. The van der Waals surface area contributed by atoms with Crippen LogP contribution < -0.4 is 24.4 Å². The van der Waals surface area contributed by atoms with Gasteiger partial charge in [0.15, 0.2) is 4.90 Å².